The van der Waals surface area contributed by atoms with Gasteiger partial charge in [-0.1, -0.05) is 30.3 Å². The molecule has 0 aliphatic heterocycles. The van der Waals surface area contributed by atoms with Crippen LogP contribution in [-0.2, 0) is 0 Å². The lowest BCUT2D eigenvalue weighted by atomic mass is 10.1. The van der Waals surface area contributed by atoms with Crippen LogP contribution in [-0.4, -0.2) is 51.7 Å². The molecule has 0 atom stereocenters. The second-order valence-corrected chi connectivity index (χ2v) is 8.49. The number of benzene rings is 2. The minimum Gasteiger partial charge on any atom is -0.474 e. The minimum atomic E-state index is -0.570. The van der Waals surface area contributed by atoms with E-state index in [1.165, 1.54) is 24.4 Å². The highest BCUT2D eigenvalue weighted by molar-refractivity contribution is 5.72. The summed E-state index contributed by atoms with van der Waals surface area (Å²) in [6, 6.07) is 20.8. The van der Waals surface area contributed by atoms with Crippen molar-refractivity contribution >= 4 is 17.2 Å². The third kappa shape index (κ3) is 5.16. The van der Waals surface area contributed by atoms with Gasteiger partial charge in [-0.3, -0.25) is 0 Å². The molecule has 3 aromatic heterocycles. The van der Waals surface area contributed by atoms with Crippen molar-refractivity contribution in [1.82, 2.24) is 24.5 Å². The summed E-state index contributed by atoms with van der Waals surface area (Å²) in [5.74, 6) is -0.377. The number of anilines is 2. The van der Waals surface area contributed by atoms with Crippen LogP contribution in [0.15, 0.2) is 79.0 Å². The van der Waals surface area contributed by atoms with Crippen molar-refractivity contribution in [1.29, 1.82) is 0 Å². The highest BCUT2D eigenvalue weighted by atomic mass is 19.1. The molecule has 0 amide bonds. The largest absolute Gasteiger partial charge is 0.474 e. The van der Waals surface area contributed by atoms with Crippen molar-refractivity contribution in [2.75, 3.05) is 32.6 Å². The third-order valence-corrected chi connectivity index (χ3v) is 5.49. The van der Waals surface area contributed by atoms with Gasteiger partial charge in [0.15, 0.2) is 11.5 Å². The Balaban J connectivity index is 1.52. The molecule has 36 heavy (non-hydrogen) atoms. The molecule has 1 N–H and O–H groups in total. The molecule has 0 aliphatic carbocycles. The smallest absolute Gasteiger partial charge is 0.250 e. The highest BCUT2D eigenvalue weighted by Gasteiger charge is 2.14. The lowest BCUT2D eigenvalue weighted by molar-refractivity contribution is 0.244. The molecular weight excluding hydrogens is 462 g/mol. The maximum absolute atomic E-state index is 14.7. The summed E-state index contributed by atoms with van der Waals surface area (Å²) < 4.78 is 35.2. The number of pyridine rings is 1. The number of hydrogen-bond donors (Lipinski definition) is 1. The third-order valence-electron chi connectivity index (χ3n) is 5.49. The number of likely N-dealkylation sites (N-methyl/N-ethyl adjacent to an activating group) is 1. The Morgan fingerprint density at radius 2 is 1.67 bits per heavy atom. The second-order valence-electron chi connectivity index (χ2n) is 8.49. The molecular formula is C27H24F2N6O. The average Bonchev–Trinajstić information content (AvgIpc) is 3.31. The minimum absolute atomic E-state index is 0.0510. The van der Waals surface area contributed by atoms with Crippen molar-refractivity contribution in [2.24, 2.45) is 0 Å². The molecule has 0 saturated carbocycles. The van der Waals surface area contributed by atoms with E-state index in [4.69, 9.17) is 9.72 Å². The molecule has 0 saturated heterocycles. The molecule has 0 fully saturated rings. The van der Waals surface area contributed by atoms with E-state index in [2.05, 4.69) is 15.4 Å². The Morgan fingerprint density at radius 1 is 0.917 bits per heavy atom. The summed E-state index contributed by atoms with van der Waals surface area (Å²) in [6.45, 7) is 0.975. The van der Waals surface area contributed by atoms with E-state index in [-0.39, 0.29) is 11.7 Å². The monoisotopic (exact) mass is 486 g/mol. The molecule has 182 valence electrons. The number of nitrogens with zero attached hydrogens (tertiary/aromatic N) is 5. The maximum Gasteiger partial charge on any atom is 0.250 e. The number of hydrogen-bond acceptors (Lipinski definition) is 6. The van der Waals surface area contributed by atoms with Crippen LogP contribution in [0.1, 0.15) is 0 Å². The van der Waals surface area contributed by atoms with Crippen molar-refractivity contribution < 1.29 is 13.5 Å². The number of nitrogens with one attached hydrogen (secondary N) is 1. The number of aromatic nitrogens is 4. The van der Waals surface area contributed by atoms with E-state index in [1.807, 2.05) is 61.5 Å². The SMILES string of the molecule is CN(C)CCOc1ncc(Nc2cc(-c3ccccc3)nc3cc(-c4ccc(F)cc4)nn23)cc1F. The first-order chi connectivity index (χ1) is 17.5. The number of rotatable bonds is 8. The van der Waals surface area contributed by atoms with Gasteiger partial charge in [0, 0.05) is 35.9 Å². The van der Waals surface area contributed by atoms with Gasteiger partial charge in [-0.25, -0.2) is 18.7 Å². The van der Waals surface area contributed by atoms with Gasteiger partial charge in [0.1, 0.15) is 18.2 Å². The lowest BCUT2D eigenvalue weighted by Gasteiger charge is -2.13. The van der Waals surface area contributed by atoms with Gasteiger partial charge in [-0.05, 0) is 38.4 Å². The fourth-order valence-corrected chi connectivity index (χ4v) is 3.65. The highest BCUT2D eigenvalue weighted by Crippen LogP contribution is 2.28. The van der Waals surface area contributed by atoms with Crippen molar-refractivity contribution in [2.45, 2.75) is 0 Å². The quantitative estimate of drug-likeness (QED) is 0.316. The van der Waals surface area contributed by atoms with Gasteiger partial charge in [0.25, 0.3) is 5.88 Å². The maximum atomic E-state index is 14.7. The number of fused-ring (bicyclic) bond motifs is 1. The molecule has 9 heteroatoms. The van der Waals surface area contributed by atoms with E-state index in [9.17, 15) is 8.78 Å². The predicted molar refractivity (Wildman–Crippen MR) is 135 cm³/mol. The summed E-state index contributed by atoms with van der Waals surface area (Å²) in [4.78, 5) is 10.8. The Bertz CT molecular complexity index is 1490. The molecule has 5 rings (SSSR count). The van der Waals surface area contributed by atoms with Crippen LogP contribution in [0.4, 0.5) is 20.3 Å². The second kappa shape index (κ2) is 10.1. The topological polar surface area (TPSA) is 67.6 Å². The summed E-state index contributed by atoms with van der Waals surface area (Å²) >= 11 is 0. The Labute approximate surface area is 207 Å². The van der Waals surface area contributed by atoms with Crippen LogP contribution < -0.4 is 10.1 Å². The van der Waals surface area contributed by atoms with E-state index in [0.717, 1.165) is 11.1 Å². The molecule has 0 aliphatic rings. The molecule has 2 aromatic carbocycles. The van der Waals surface area contributed by atoms with Gasteiger partial charge < -0.3 is 15.0 Å². The van der Waals surface area contributed by atoms with Crippen molar-refractivity contribution in [3.63, 3.8) is 0 Å². The first-order valence-corrected chi connectivity index (χ1v) is 11.4. The van der Waals surface area contributed by atoms with Crippen LogP contribution in [0.2, 0.25) is 0 Å². The standard InChI is InChI=1S/C27H24F2N6O/c1-34(2)12-13-36-27-22(29)14-21(17-30-27)31-25-15-23(18-6-4-3-5-7-18)32-26-16-24(33-35(25)26)19-8-10-20(28)11-9-19/h3-11,14-17,31H,12-13H2,1-2H3. The Kier molecular flexibility index (Phi) is 6.55. The molecule has 5 aromatic rings. The Morgan fingerprint density at radius 3 is 2.39 bits per heavy atom. The summed E-state index contributed by atoms with van der Waals surface area (Å²) in [5.41, 5.74) is 4.02. The van der Waals surface area contributed by atoms with Crippen LogP contribution in [0, 0.1) is 11.6 Å². The summed E-state index contributed by atoms with van der Waals surface area (Å²) in [6.07, 6.45) is 1.51. The number of ether oxygens (including phenoxy) is 1. The molecule has 0 spiro atoms. The lowest BCUT2D eigenvalue weighted by Crippen LogP contribution is -2.20. The van der Waals surface area contributed by atoms with Crippen LogP contribution in [0.3, 0.4) is 0 Å². The molecule has 0 bridgehead atoms. The first kappa shape index (κ1) is 23.4. The van der Waals surface area contributed by atoms with Gasteiger partial charge in [0.2, 0.25) is 0 Å². The number of halogens is 2. The van der Waals surface area contributed by atoms with E-state index in [0.29, 0.717) is 41.7 Å². The Hall–Kier alpha value is -4.37. The zero-order chi connectivity index (χ0) is 25.1. The molecule has 7 nitrogen and oxygen atoms in total. The van der Waals surface area contributed by atoms with Gasteiger partial charge in [0.05, 0.1) is 23.3 Å². The van der Waals surface area contributed by atoms with Crippen LogP contribution in [0.5, 0.6) is 5.88 Å². The van der Waals surface area contributed by atoms with Crippen molar-refractivity contribution in [3.05, 3.63) is 90.6 Å². The van der Waals surface area contributed by atoms with Crippen LogP contribution >= 0.6 is 0 Å². The predicted octanol–water partition coefficient (Wildman–Crippen LogP) is 5.42. The normalized spacial score (nSPS) is 11.2. The zero-order valence-electron chi connectivity index (χ0n) is 19.8. The fraction of sp³-hybridized carbons (Fsp3) is 0.148. The van der Waals surface area contributed by atoms with E-state index in [1.54, 1.807) is 16.6 Å². The summed E-state index contributed by atoms with van der Waals surface area (Å²) in [5, 5.41) is 7.87. The van der Waals surface area contributed by atoms with E-state index >= 15 is 0 Å². The molecule has 3 heterocycles. The molecule has 0 unspecified atom stereocenters. The average molecular weight is 487 g/mol. The van der Waals surface area contributed by atoms with E-state index < -0.39 is 5.82 Å². The van der Waals surface area contributed by atoms with Gasteiger partial charge >= 0.3 is 0 Å². The fourth-order valence-electron chi connectivity index (χ4n) is 3.65. The summed E-state index contributed by atoms with van der Waals surface area (Å²) in [7, 11) is 3.83. The van der Waals surface area contributed by atoms with Gasteiger partial charge in [-0.15, -0.1) is 0 Å². The van der Waals surface area contributed by atoms with Gasteiger partial charge in [-0.2, -0.15) is 9.61 Å². The first-order valence-electron chi connectivity index (χ1n) is 11.4. The van der Waals surface area contributed by atoms with Crippen molar-refractivity contribution in [3.8, 4) is 28.4 Å². The molecule has 0 radical (unpaired) electrons. The van der Waals surface area contributed by atoms with Crippen LogP contribution in [0.25, 0.3) is 28.2 Å². The zero-order valence-corrected chi connectivity index (χ0v) is 19.8.